The molecule has 0 aliphatic carbocycles. The van der Waals surface area contributed by atoms with E-state index in [4.69, 9.17) is 0 Å². The van der Waals surface area contributed by atoms with Gasteiger partial charge in [-0.15, -0.1) is 12.4 Å². The maximum atomic E-state index is 11.9. The number of amides is 1. The van der Waals surface area contributed by atoms with Crippen molar-refractivity contribution in [1.82, 2.24) is 24.9 Å². The highest BCUT2D eigenvalue weighted by atomic mass is 35.5. The highest BCUT2D eigenvalue weighted by Gasteiger charge is 2.18. The molecule has 2 rings (SSSR count). The number of sulfonamides is 1. The minimum atomic E-state index is -3.73. The lowest BCUT2D eigenvalue weighted by Crippen LogP contribution is -2.38. The van der Waals surface area contributed by atoms with Crippen LogP contribution >= 0.6 is 12.4 Å². The van der Waals surface area contributed by atoms with E-state index in [0.29, 0.717) is 12.5 Å². The predicted octanol–water partition coefficient (Wildman–Crippen LogP) is -0.374. The van der Waals surface area contributed by atoms with Crippen LogP contribution in [0.4, 0.5) is 0 Å². The van der Waals surface area contributed by atoms with E-state index < -0.39 is 10.0 Å². The van der Waals surface area contributed by atoms with Gasteiger partial charge in [-0.1, -0.05) is 0 Å². The van der Waals surface area contributed by atoms with Crippen molar-refractivity contribution in [2.45, 2.75) is 24.3 Å². The summed E-state index contributed by atoms with van der Waals surface area (Å²) in [5.41, 5.74) is 0. The lowest BCUT2D eigenvalue weighted by molar-refractivity contribution is -0.120. The normalized spacial score (nSPS) is 18.2. The van der Waals surface area contributed by atoms with Gasteiger partial charge in [-0.05, 0) is 38.3 Å². The molecule has 1 atom stereocenters. The van der Waals surface area contributed by atoms with E-state index in [1.165, 1.54) is 29.9 Å². The van der Waals surface area contributed by atoms with Gasteiger partial charge in [0.2, 0.25) is 5.91 Å². The van der Waals surface area contributed by atoms with Gasteiger partial charge >= 0.3 is 0 Å². The first-order chi connectivity index (χ1) is 10.5. The number of nitrogens with one attached hydrogen (secondary N) is 3. The first-order valence-electron chi connectivity index (χ1n) is 7.42. The zero-order valence-electron chi connectivity index (χ0n) is 13.1. The van der Waals surface area contributed by atoms with Gasteiger partial charge in [-0.2, -0.15) is 0 Å². The summed E-state index contributed by atoms with van der Waals surface area (Å²) < 4.78 is 27.6. The molecule has 1 fully saturated rings. The third-order valence-electron chi connectivity index (χ3n) is 3.65. The number of aromatic nitrogens is 2. The summed E-state index contributed by atoms with van der Waals surface area (Å²) in [5, 5.41) is 5.98. The van der Waals surface area contributed by atoms with E-state index in [1.807, 2.05) is 0 Å². The number of carbonyl (C=O) groups excluding carboxylic acids is 1. The third kappa shape index (κ3) is 6.46. The Labute approximate surface area is 142 Å². The fourth-order valence-corrected chi connectivity index (χ4v) is 3.37. The molecule has 1 unspecified atom stereocenters. The van der Waals surface area contributed by atoms with E-state index in [2.05, 4.69) is 20.3 Å². The number of piperidine rings is 1. The van der Waals surface area contributed by atoms with Gasteiger partial charge in [-0.25, -0.2) is 18.1 Å². The van der Waals surface area contributed by atoms with Crippen molar-refractivity contribution in [3.05, 3.63) is 12.5 Å². The molecular weight excluding hydrogens is 342 g/mol. The number of rotatable bonds is 7. The lowest BCUT2D eigenvalue weighted by Gasteiger charge is -2.22. The SMILES string of the molecule is Cl.Cn1cnc(S(=O)(=O)NCC(=O)NCCC2CCCNC2)c1. The van der Waals surface area contributed by atoms with Crippen LogP contribution in [0.1, 0.15) is 19.3 Å². The Morgan fingerprint density at radius 2 is 2.30 bits per heavy atom. The number of imidazole rings is 1. The maximum absolute atomic E-state index is 11.9. The summed E-state index contributed by atoms with van der Waals surface area (Å²) in [7, 11) is -2.05. The molecular formula is C13H24ClN5O3S. The molecule has 1 aliphatic heterocycles. The van der Waals surface area contributed by atoms with Gasteiger partial charge in [0.15, 0.2) is 5.03 Å². The van der Waals surface area contributed by atoms with Crippen molar-refractivity contribution >= 4 is 28.3 Å². The summed E-state index contributed by atoms with van der Waals surface area (Å²) >= 11 is 0. The topological polar surface area (TPSA) is 105 Å². The standard InChI is InChI=1S/C13H23N5O3S.ClH/c1-18-9-13(16-10-18)22(20,21)17-8-12(19)15-6-4-11-3-2-5-14-7-11;/h9-11,14,17H,2-8H2,1H3,(H,15,19);1H. The fourth-order valence-electron chi connectivity index (χ4n) is 2.41. The minimum Gasteiger partial charge on any atom is -0.355 e. The zero-order chi connectivity index (χ0) is 16.0. The van der Waals surface area contributed by atoms with Gasteiger partial charge < -0.3 is 15.2 Å². The minimum absolute atomic E-state index is 0. The molecule has 1 amide bonds. The molecule has 1 saturated heterocycles. The summed E-state index contributed by atoms with van der Waals surface area (Å²) in [5.74, 6) is 0.252. The number of nitrogens with zero attached hydrogens (tertiary/aromatic N) is 2. The van der Waals surface area contributed by atoms with Gasteiger partial charge in [0, 0.05) is 19.8 Å². The Morgan fingerprint density at radius 1 is 1.52 bits per heavy atom. The average molecular weight is 366 g/mol. The Bertz CT molecular complexity index is 599. The molecule has 3 N–H and O–H groups in total. The summed E-state index contributed by atoms with van der Waals surface area (Å²) in [4.78, 5) is 15.5. The van der Waals surface area contributed by atoms with Crippen molar-refractivity contribution in [1.29, 1.82) is 0 Å². The fraction of sp³-hybridized carbons (Fsp3) is 0.692. The first kappa shape index (κ1) is 19.9. The van der Waals surface area contributed by atoms with E-state index in [-0.39, 0.29) is 29.9 Å². The van der Waals surface area contributed by atoms with Crippen LogP contribution in [-0.2, 0) is 21.9 Å². The molecule has 2 heterocycles. The number of carbonyl (C=O) groups is 1. The molecule has 1 aliphatic rings. The molecule has 132 valence electrons. The van der Waals surface area contributed by atoms with Crippen LogP contribution in [0.25, 0.3) is 0 Å². The van der Waals surface area contributed by atoms with E-state index in [1.54, 1.807) is 7.05 Å². The van der Waals surface area contributed by atoms with Crippen LogP contribution in [0.2, 0.25) is 0 Å². The van der Waals surface area contributed by atoms with Crippen LogP contribution < -0.4 is 15.4 Å². The molecule has 10 heteroatoms. The monoisotopic (exact) mass is 365 g/mol. The Kier molecular flexibility index (Phi) is 7.97. The van der Waals surface area contributed by atoms with Gasteiger partial charge in [0.1, 0.15) is 0 Å². The Morgan fingerprint density at radius 3 is 2.91 bits per heavy atom. The maximum Gasteiger partial charge on any atom is 0.260 e. The van der Waals surface area contributed by atoms with Crippen LogP contribution in [0.3, 0.4) is 0 Å². The molecule has 23 heavy (non-hydrogen) atoms. The quantitative estimate of drug-likeness (QED) is 0.611. The second-order valence-electron chi connectivity index (χ2n) is 5.55. The van der Waals surface area contributed by atoms with Crippen LogP contribution in [-0.4, -0.2) is 50.1 Å². The lowest BCUT2D eigenvalue weighted by atomic mass is 9.96. The number of hydrogen-bond acceptors (Lipinski definition) is 5. The first-order valence-corrected chi connectivity index (χ1v) is 8.91. The van der Waals surface area contributed by atoms with Crippen LogP contribution in [0.15, 0.2) is 17.6 Å². The van der Waals surface area contributed by atoms with E-state index >= 15 is 0 Å². The number of halogens is 1. The Balaban J connectivity index is 0.00000264. The van der Waals surface area contributed by atoms with Crippen molar-refractivity contribution in [3.63, 3.8) is 0 Å². The second-order valence-corrected chi connectivity index (χ2v) is 7.27. The Hall–Kier alpha value is -1.16. The van der Waals surface area contributed by atoms with E-state index in [9.17, 15) is 13.2 Å². The van der Waals surface area contributed by atoms with Crippen molar-refractivity contribution < 1.29 is 13.2 Å². The van der Waals surface area contributed by atoms with Crippen molar-refractivity contribution in [2.75, 3.05) is 26.2 Å². The highest BCUT2D eigenvalue weighted by Crippen LogP contribution is 2.12. The molecule has 0 aromatic carbocycles. The average Bonchev–Trinajstić information content (AvgIpc) is 2.94. The highest BCUT2D eigenvalue weighted by molar-refractivity contribution is 7.89. The molecule has 0 bridgehead atoms. The van der Waals surface area contributed by atoms with Crippen LogP contribution in [0.5, 0.6) is 0 Å². The number of hydrogen-bond donors (Lipinski definition) is 3. The van der Waals surface area contributed by atoms with Crippen molar-refractivity contribution in [3.8, 4) is 0 Å². The molecule has 8 nitrogen and oxygen atoms in total. The second kappa shape index (κ2) is 9.21. The molecule has 0 saturated carbocycles. The third-order valence-corrected chi connectivity index (χ3v) is 4.94. The predicted molar refractivity (Wildman–Crippen MR) is 88.9 cm³/mol. The van der Waals surface area contributed by atoms with Gasteiger partial charge in [-0.3, -0.25) is 4.79 Å². The largest absolute Gasteiger partial charge is 0.355 e. The van der Waals surface area contributed by atoms with Gasteiger partial charge in [0.25, 0.3) is 10.0 Å². The number of aryl methyl sites for hydroxylation is 1. The van der Waals surface area contributed by atoms with Crippen LogP contribution in [0, 0.1) is 5.92 Å². The molecule has 0 radical (unpaired) electrons. The molecule has 1 aromatic rings. The summed E-state index contributed by atoms with van der Waals surface area (Å²) in [6, 6.07) is 0. The summed E-state index contributed by atoms with van der Waals surface area (Å²) in [6.45, 7) is 2.35. The molecule has 1 aromatic heterocycles. The molecule has 0 spiro atoms. The summed E-state index contributed by atoms with van der Waals surface area (Å²) in [6.07, 6.45) is 6.03. The smallest absolute Gasteiger partial charge is 0.260 e. The zero-order valence-corrected chi connectivity index (χ0v) is 14.8. The van der Waals surface area contributed by atoms with E-state index in [0.717, 1.165) is 19.5 Å². The van der Waals surface area contributed by atoms with Crippen molar-refractivity contribution in [2.24, 2.45) is 13.0 Å². The van der Waals surface area contributed by atoms with Gasteiger partial charge in [0.05, 0.1) is 12.9 Å².